The summed E-state index contributed by atoms with van der Waals surface area (Å²) in [4.78, 5) is 4.67. The van der Waals surface area contributed by atoms with Crippen molar-refractivity contribution in [2.45, 2.75) is 62.3 Å². The monoisotopic (exact) mass is 381 g/mol. The van der Waals surface area contributed by atoms with Crippen LogP contribution in [-0.4, -0.2) is 41.1 Å². The number of hydrogen-bond donors (Lipinski definition) is 1. The van der Waals surface area contributed by atoms with Gasteiger partial charge in [0.2, 0.25) is 15.9 Å². The molecule has 142 valence electrons. The van der Waals surface area contributed by atoms with Gasteiger partial charge in [-0.1, -0.05) is 10.3 Å². The molecule has 2 fully saturated rings. The molecule has 0 atom stereocenters. The van der Waals surface area contributed by atoms with Crippen molar-refractivity contribution < 1.29 is 17.5 Å². The molecule has 0 amide bonds. The van der Waals surface area contributed by atoms with Gasteiger partial charge in [0.05, 0.1) is 5.54 Å². The molecule has 2 aliphatic rings. The number of nitrogens with zero attached hydrogens (tertiary/aromatic N) is 4. The third-order valence-electron chi connectivity index (χ3n) is 5.50. The standard InChI is InChI=1S/C16H23N5O4S/c1-10-13(11(2)24-19-10)26(22,23)21-8-4-12(5-9-21)14-18-15(20-25-14)16(17)6-3-7-16/h12H,3-9,17H2,1-2H3. The maximum absolute atomic E-state index is 12.9. The molecule has 0 radical (unpaired) electrons. The van der Waals surface area contributed by atoms with Crippen molar-refractivity contribution in [3.05, 3.63) is 23.2 Å². The zero-order valence-electron chi connectivity index (χ0n) is 14.9. The zero-order valence-corrected chi connectivity index (χ0v) is 15.8. The van der Waals surface area contributed by atoms with E-state index in [9.17, 15) is 8.42 Å². The molecule has 4 rings (SSSR count). The van der Waals surface area contributed by atoms with Gasteiger partial charge in [-0.3, -0.25) is 0 Å². The first-order chi connectivity index (χ1) is 12.3. The minimum atomic E-state index is -3.61. The first-order valence-corrected chi connectivity index (χ1v) is 10.3. The van der Waals surface area contributed by atoms with E-state index in [1.165, 1.54) is 4.31 Å². The van der Waals surface area contributed by atoms with Crippen LogP contribution in [0.5, 0.6) is 0 Å². The number of aromatic nitrogens is 3. The molecule has 2 N–H and O–H groups in total. The Kier molecular flexibility index (Phi) is 4.16. The second-order valence-corrected chi connectivity index (χ2v) is 9.17. The largest absolute Gasteiger partial charge is 0.360 e. The molecule has 3 heterocycles. The maximum atomic E-state index is 12.9. The van der Waals surface area contributed by atoms with Crippen LogP contribution in [0.2, 0.25) is 0 Å². The van der Waals surface area contributed by atoms with Crippen LogP contribution in [0.25, 0.3) is 0 Å². The van der Waals surface area contributed by atoms with E-state index in [0.717, 1.165) is 19.3 Å². The summed E-state index contributed by atoms with van der Waals surface area (Å²) in [6.07, 6.45) is 4.09. The predicted molar refractivity (Wildman–Crippen MR) is 90.7 cm³/mol. The smallest absolute Gasteiger partial charge is 0.248 e. The molecule has 26 heavy (non-hydrogen) atoms. The summed E-state index contributed by atoms with van der Waals surface area (Å²) in [6, 6.07) is 0. The van der Waals surface area contributed by atoms with E-state index in [0.29, 0.717) is 49.1 Å². The van der Waals surface area contributed by atoms with E-state index in [1.807, 2.05) is 0 Å². The van der Waals surface area contributed by atoms with Gasteiger partial charge in [-0.05, 0) is 46.0 Å². The van der Waals surface area contributed by atoms with Crippen molar-refractivity contribution in [1.82, 2.24) is 19.6 Å². The molecular formula is C16H23N5O4S. The van der Waals surface area contributed by atoms with E-state index in [-0.39, 0.29) is 10.8 Å². The van der Waals surface area contributed by atoms with Crippen LogP contribution in [0.3, 0.4) is 0 Å². The molecule has 1 aliphatic heterocycles. The Bertz CT molecular complexity index is 887. The van der Waals surface area contributed by atoms with Crippen molar-refractivity contribution in [2.24, 2.45) is 5.73 Å². The summed E-state index contributed by atoms with van der Waals surface area (Å²) in [5.74, 6) is 1.51. The average molecular weight is 381 g/mol. The second-order valence-electron chi connectivity index (χ2n) is 7.30. The van der Waals surface area contributed by atoms with E-state index < -0.39 is 15.6 Å². The summed E-state index contributed by atoms with van der Waals surface area (Å²) in [5.41, 5.74) is 6.18. The van der Waals surface area contributed by atoms with Gasteiger partial charge in [0.25, 0.3) is 0 Å². The van der Waals surface area contributed by atoms with Gasteiger partial charge < -0.3 is 14.8 Å². The van der Waals surface area contributed by atoms with Crippen LogP contribution in [0.4, 0.5) is 0 Å². The molecular weight excluding hydrogens is 358 g/mol. The highest BCUT2D eigenvalue weighted by atomic mass is 32.2. The third-order valence-corrected chi connectivity index (χ3v) is 7.65. The summed E-state index contributed by atoms with van der Waals surface area (Å²) in [7, 11) is -3.61. The number of piperidine rings is 1. The molecule has 2 aromatic rings. The number of nitrogens with two attached hydrogens (primary N) is 1. The molecule has 1 aliphatic carbocycles. The fourth-order valence-electron chi connectivity index (χ4n) is 3.70. The van der Waals surface area contributed by atoms with Crippen LogP contribution in [0.1, 0.15) is 61.2 Å². The van der Waals surface area contributed by atoms with E-state index in [4.69, 9.17) is 14.8 Å². The number of hydrogen-bond acceptors (Lipinski definition) is 8. The first-order valence-electron chi connectivity index (χ1n) is 8.87. The molecule has 9 nitrogen and oxygen atoms in total. The summed E-state index contributed by atoms with van der Waals surface area (Å²) < 4.78 is 37.7. The lowest BCUT2D eigenvalue weighted by atomic mass is 9.77. The minimum Gasteiger partial charge on any atom is -0.360 e. The summed E-state index contributed by atoms with van der Waals surface area (Å²) in [5, 5.41) is 7.81. The van der Waals surface area contributed by atoms with Crippen LogP contribution in [-0.2, 0) is 15.6 Å². The topological polar surface area (TPSA) is 128 Å². The Morgan fingerprint density at radius 2 is 1.85 bits per heavy atom. The highest BCUT2D eigenvalue weighted by Crippen LogP contribution is 2.38. The normalized spacial score (nSPS) is 21.7. The van der Waals surface area contributed by atoms with Crippen LogP contribution < -0.4 is 5.73 Å². The lowest BCUT2D eigenvalue weighted by Gasteiger charge is -2.34. The lowest BCUT2D eigenvalue weighted by molar-refractivity contribution is 0.227. The molecule has 0 aromatic carbocycles. The predicted octanol–water partition coefficient (Wildman–Crippen LogP) is 1.58. The van der Waals surface area contributed by atoms with Gasteiger partial charge in [-0.15, -0.1) is 0 Å². The van der Waals surface area contributed by atoms with Gasteiger partial charge >= 0.3 is 0 Å². The molecule has 1 saturated heterocycles. The van der Waals surface area contributed by atoms with Gasteiger partial charge in [0.1, 0.15) is 10.6 Å². The quantitative estimate of drug-likeness (QED) is 0.845. The Labute approximate surface area is 152 Å². The number of sulfonamides is 1. The number of rotatable bonds is 4. The van der Waals surface area contributed by atoms with Gasteiger partial charge in [0.15, 0.2) is 11.6 Å². The van der Waals surface area contributed by atoms with Crippen molar-refractivity contribution in [2.75, 3.05) is 13.1 Å². The molecule has 1 saturated carbocycles. The van der Waals surface area contributed by atoms with Gasteiger partial charge in [-0.25, -0.2) is 8.42 Å². The highest BCUT2D eigenvalue weighted by molar-refractivity contribution is 7.89. The van der Waals surface area contributed by atoms with Gasteiger partial charge in [0, 0.05) is 19.0 Å². The second kappa shape index (κ2) is 6.14. The molecule has 0 bridgehead atoms. The average Bonchev–Trinajstić information content (AvgIpc) is 3.20. The Morgan fingerprint density at radius 3 is 2.38 bits per heavy atom. The summed E-state index contributed by atoms with van der Waals surface area (Å²) >= 11 is 0. The first kappa shape index (κ1) is 17.6. The Hall–Kier alpha value is -1.78. The zero-order chi connectivity index (χ0) is 18.5. The summed E-state index contributed by atoms with van der Waals surface area (Å²) in [6.45, 7) is 4.03. The van der Waals surface area contributed by atoms with Crippen molar-refractivity contribution in [1.29, 1.82) is 0 Å². The van der Waals surface area contributed by atoms with Crippen LogP contribution in [0.15, 0.2) is 13.9 Å². The number of aryl methyl sites for hydroxylation is 2. The van der Waals surface area contributed by atoms with E-state index in [2.05, 4.69) is 15.3 Å². The fourth-order valence-corrected chi connectivity index (χ4v) is 5.46. The molecule has 10 heteroatoms. The lowest BCUT2D eigenvalue weighted by Crippen LogP contribution is -2.44. The van der Waals surface area contributed by atoms with Crippen molar-refractivity contribution in [3.63, 3.8) is 0 Å². The Morgan fingerprint density at radius 1 is 1.15 bits per heavy atom. The van der Waals surface area contributed by atoms with E-state index >= 15 is 0 Å². The van der Waals surface area contributed by atoms with Crippen LogP contribution in [0, 0.1) is 13.8 Å². The SMILES string of the molecule is Cc1noc(C)c1S(=O)(=O)N1CCC(c2nc(C3(N)CCC3)no2)CC1. The van der Waals surface area contributed by atoms with Crippen molar-refractivity contribution >= 4 is 10.0 Å². The maximum Gasteiger partial charge on any atom is 0.248 e. The molecule has 2 aromatic heterocycles. The third kappa shape index (κ3) is 2.76. The van der Waals surface area contributed by atoms with Crippen molar-refractivity contribution in [3.8, 4) is 0 Å². The van der Waals surface area contributed by atoms with Crippen LogP contribution >= 0.6 is 0 Å². The van der Waals surface area contributed by atoms with Gasteiger partial charge in [-0.2, -0.15) is 9.29 Å². The molecule has 0 spiro atoms. The molecule has 0 unspecified atom stereocenters. The fraction of sp³-hybridized carbons (Fsp3) is 0.688. The highest BCUT2D eigenvalue weighted by Gasteiger charge is 2.40. The van der Waals surface area contributed by atoms with E-state index in [1.54, 1.807) is 13.8 Å². The Balaban J connectivity index is 1.46. The minimum absolute atomic E-state index is 0.0519.